The minimum atomic E-state index is -0.610. The summed E-state index contributed by atoms with van der Waals surface area (Å²) in [6.07, 6.45) is 0. The Balaban J connectivity index is 3.08. The fourth-order valence-electron chi connectivity index (χ4n) is 1.20. The molecule has 1 atom stereocenters. The summed E-state index contributed by atoms with van der Waals surface area (Å²) < 4.78 is 10.2. The van der Waals surface area contributed by atoms with Crippen LogP contribution in [0.25, 0.3) is 0 Å². The minimum Gasteiger partial charge on any atom is -0.495 e. The van der Waals surface area contributed by atoms with Gasteiger partial charge in [-0.15, -0.1) is 0 Å². The maximum atomic E-state index is 11.5. The van der Waals surface area contributed by atoms with Gasteiger partial charge in [0, 0.05) is 12.1 Å². The molecule has 0 saturated carbocycles. The Bertz CT molecular complexity index is 421. The van der Waals surface area contributed by atoms with Gasteiger partial charge in [-0.2, -0.15) is 0 Å². The van der Waals surface area contributed by atoms with Crippen molar-refractivity contribution in [3.63, 3.8) is 0 Å². The molecule has 1 unspecified atom stereocenters. The summed E-state index contributed by atoms with van der Waals surface area (Å²) in [4.78, 5) is 11.5. The van der Waals surface area contributed by atoms with Crippen molar-refractivity contribution >= 4 is 23.2 Å². The molecule has 5 nitrogen and oxygen atoms in total. The molecule has 0 fully saturated rings. The SMILES string of the molecule is COc1cc(NC(=O)C(C)N)c(OC)cc1Cl. The zero-order valence-corrected chi connectivity index (χ0v) is 10.7. The van der Waals surface area contributed by atoms with Gasteiger partial charge in [0.1, 0.15) is 11.5 Å². The van der Waals surface area contributed by atoms with E-state index in [2.05, 4.69) is 5.32 Å². The number of nitrogens with two attached hydrogens (primary N) is 1. The van der Waals surface area contributed by atoms with Crippen molar-refractivity contribution < 1.29 is 14.3 Å². The molecule has 94 valence electrons. The van der Waals surface area contributed by atoms with Crippen molar-refractivity contribution in [1.82, 2.24) is 0 Å². The average molecular weight is 259 g/mol. The Morgan fingerprint density at radius 3 is 2.41 bits per heavy atom. The molecule has 1 aromatic rings. The van der Waals surface area contributed by atoms with E-state index in [1.807, 2.05) is 0 Å². The van der Waals surface area contributed by atoms with Crippen molar-refractivity contribution in [2.24, 2.45) is 5.73 Å². The quantitative estimate of drug-likeness (QED) is 0.861. The van der Waals surface area contributed by atoms with Gasteiger partial charge in [-0.25, -0.2) is 0 Å². The van der Waals surface area contributed by atoms with Crippen LogP contribution in [0.5, 0.6) is 11.5 Å². The fraction of sp³-hybridized carbons (Fsp3) is 0.364. The lowest BCUT2D eigenvalue weighted by molar-refractivity contribution is -0.117. The number of amides is 1. The normalized spacial score (nSPS) is 11.8. The second-order valence-electron chi connectivity index (χ2n) is 3.46. The van der Waals surface area contributed by atoms with Gasteiger partial charge >= 0.3 is 0 Å². The third kappa shape index (κ3) is 3.25. The summed E-state index contributed by atoms with van der Waals surface area (Å²) >= 11 is 5.94. The van der Waals surface area contributed by atoms with E-state index in [0.29, 0.717) is 22.2 Å². The second-order valence-corrected chi connectivity index (χ2v) is 3.87. The Labute approximate surface area is 105 Å². The fourth-order valence-corrected chi connectivity index (χ4v) is 1.44. The summed E-state index contributed by atoms with van der Waals surface area (Å²) in [6.45, 7) is 1.59. The number of methoxy groups -OCH3 is 2. The first kappa shape index (κ1) is 13.6. The number of carbonyl (C=O) groups excluding carboxylic acids is 1. The lowest BCUT2D eigenvalue weighted by Gasteiger charge is -2.14. The maximum Gasteiger partial charge on any atom is 0.241 e. The van der Waals surface area contributed by atoms with E-state index in [0.717, 1.165) is 0 Å². The van der Waals surface area contributed by atoms with Crippen LogP contribution in [-0.4, -0.2) is 26.2 Å². The maximum absolute atomic E-state index is 11.5. The second kappa shape index (κ2) is 5.75. The monoisotopic (exact) mass is 258 g/mol. The number of rotatable bonds is 4. The van der Waals surface area contributed by atoms with E-state index in [9.17, 15) is 4.79 Å². The molecule has 0 heterocycles. The van der Waals surface area contributed by atoms with Gasteiger partial charge in [-0.05, 0) is 6.92 Å². The third-order valence-electron chi connectivity index (χ3n) is 2.15. The van der Waals surface area contributed by atoms with E-state index >= 15 is 0 Å². The van der Waals surface area contributed by atoms with Crippen LogP contribution in [0.3, 0.4) is 0 Å². The number of hydrogen-bond donors (Lipinski definition) is 2. The first-order valence-corrected chi connectivity index (χ1v) is 5.35. The zero-order valence-electron chi connectivity index (χ0n) is 9.91. The molecule has 1 aromatic carbocycles. The average Bonchev–Trinajstić information content (AvgIpc) is 2.30. The van der Waals surface area contributed by atoms with Crippen LogP contribution in [0.4, 0.5) is 5.69 Å². The minimum absolute atomic E-state index is 0.312. The highest BCUT2D eigenvalue weighted by molar-refractivity contribution is 6.32. The van der Waals surface area contributed by atoms with E-state index < -0.39 is 6.04 Å². The highest BCUT2D eigenvalue weighted by Crippen LogP contribution is 2.35. The first-order chi connectivity index (χ1) is 7.99. The lowest BCUT2D eigenvalue weighted by Crippen LogP contribution is -2.32. The number of hydrogen-bond acceptors (Lipinski definition) is 4. The molecule has 0 radical (unpaired) electrons. The molecule has 17 heavy (non-hydrogen) atoms. The number of anilines is 1. The number of carbonyl (C=O) groups is 1. The molecule has 1 rings (SSSR count). The van der Waals surface area contributed by atoms with E-state index in [1.165, 1.54) is 14.2 Å². The molecule has 0 aliphatic heterocycles. The van der Waals surface area contributed by atoms with E-state index in [4.69, 9.17) is 26.8 Å². The Hall–Kier alpha value is -1.46. The van der Waals surface area contributed by atoms with Gasteiger partial charge in [0.05, 0.1) is 31.0 Å². The molecule has 0 aliphatic rings. The van der Waals surface area contributed by atoms with Crippen molar-refractivity contribution in [2.45, 2.75) is 13.0 Å². The topological polar surface area (TPSA) is 73.6 Å². The van der Waals surface area contributed by atoms with Crippen molar-refractivity contribution in [2.75, 3.05) is 19.5 Å². The molecular formula is C11H15ClN2O3. The molecule has 3 N–H and O–H groups in total. The van der Waals surface area contributed by atoms with Gasteiger partial charge in [0.15, 0.2) is 0 Å². The van der Waals surface area contributed by atoms with Gasteiger partial charge in [-0.1, -0.05) is 11.6 Å². The van der Waals surface area contributed by atoms with Gasteiger partial charge in [0.2, 0.25) is 5.91 Å². The Morgan fingerprint density at radius 2 is 1.94 bits per heavy atom. The van der Waals surface area contributed by atoms with Crippen LogP contribution in [0.2, 0.25) is 5.02 Å². The van der Waals surface area contributed by atoms with Gasteiger partial charge < -0.3 is 20.5 Å². The largest absolute Gasteiger partial charge is 0.495 e. The predicted octanol–water partition coefficient (Wildman–Crippen LogP) is 1.64. The number of halogens is 1. The van der Waals surface area contributed by atoms with E-state index in [1.54, 1.807) is 19.1 Å². The first-order valence-electron chi connectivity index (χ1n) is 4.97. The molecule has 6 heteroatoms. The van der Waals surface area contributed by atoms with Crippen LogP contribution >= 0.6 is 11.6 Å². The van der Waals surface area contributed by atoms with Crippen LogP contribution < -0.4 is 20.5 Å². The lowest BCUT2D eigenvalue weighted by atomic mass is 10.2. The summed E-state index contributed by atoms with van der Waals surface area (Å²) in [5.41, 5.74) is 5.93. The molecule has 0 saturated heterocycles. The van der Waals surface area contributed by atoms with Gasteiger partial charge in [-0.3, -0.25) is 4.79 Å². The molecule has 0 spiro atoms. The van der Waals surface area contributed by atoms with Gasteiger partial charge in [0.25, 0.3) is 0 Å². The zero-order chi connectivity index (χ0) is 13.0. The Kier molecular flexibility index (Phi) is 4.60. The molecule has 0 aromatic heterocycles. The number of ether oxygens (including phenoxy) is 2. The summed E-state index contributed by atoms with van der Waals surface area (Å²) in [7, 11) is 2.98. The van der Waals surface area contributed by atoms with Crippen LogP contribution in [0.1, 0.15) is 6.92 Å². The predicted molar refractivity (Wildman–Crippen MR) is 66.8 cm³/mol. The highest BCUT2D eigenvalue weighted by atomic mass is 35.5. The number of benzene rings is 1. The highest BCUT2D eigenvalue weighted by Gasteiger charge is 2.14. The smallest absolute Gasteiger partial charge is 0.241 e. The molecule has 0 aliphatic carbocycles. The third-order valence-corrected chi connectivity index (χ3v) is 2.44. The van der Waals surface area contributed by atoms with E-state index in [-0.39, 0.29) is 5.91 Å². The standard InChI is InChI=1S/C11H15ClN2O3/c1-6(13)11(15)14-8-5-9(16-2)7(12)4-10(8)17-3/h4-6H,13H2,1-3H3,(H,14,15). The van der Waals surface area contributed by atoms with Crippen molar-refractivity contribution in [3.05, 3.63) is 17.2 Å². The summed E-state index contributed by atoms with van der Waals surface area (Å²) in [6, 6.07) is 2.54. The van der Waals surface area contributed by atoms with Crippen LogP contribution in [0, 0.1) is 0 Å². The van der Waals surface area contributed by atoms with Crippen LogP contribution in [0.15, 0.2) is 12.1 Å². The molecule has 0 bridgehead atoms. The molecule has 1 amide bonds. The van der Waals surface area contributed by atoms with Crippen LogP contribution in [-0.2, 0) is 4.79 Å². The molecular weight excluding hydrogens is 244 g/mol. The summed E-state index contributed by atoms with van der Waals surface area (Å²) in [5, 5.41) is 3.04. The summed E-state index contributed by atoms with van der Waals surface area (Å²) in [5.74, 6) is 0.588. The van der Waals surface area contributed by atoms with Crippen molar-refractivity contribution in [3.8, 4) is 11.5 Å². The Morgan fingerprint density at radius 1 is 1.35 bits per heavy atom. The van der Waals surface area contributed by atoms with Crippen molar-refractivity contribution in [1.29, 1.82) is 0 Å². The number of nitrogens with one attached hydrogen (secondary N) is 1.